The average molecular weight is 280 g/mol. The largest absolute Gasteiger partial charge is 0.393 e. The van der Waals surface area contributed by atoms with Gasteiger partial charge in [0.2, 0.25) is 0 Å². The molecule has 20 heavy (non-hydrogen) atoms. The molecule has 0 bridgehead atoms. The van der Waals surface area contributed by atoms with E-state index in [9.17, 15) is 9.90 Å². The second-order valence-corrected chi connectivity index (χ2v) is 5.33. The first-order valence-corrected chi connectivity index (χ1v) is 6.77. The predicted molar refractivity (Wildman–Crippen MR) is 79.4 cm³/mol. The SMILES string of the molecule is CC(O)CCN(C)C(=O)c1cc(NN)nc(C(C)C)c1. The van der Waals surface area contributed by atoms with Crippen molar-refractivity contribution in [3.63, 3.8) is 0 Å². The standard InChI is InChI=1S/C14H24N4O2/c1-9(2)12-7-11(8-13(16-12)17-15)14(20)18(4)6-5-10(3)19/h7-10,19H,5-6,15H2,1-4H3,(H,16,17). The van der Waals surface area contributed by atoms with Gasteiger partial charge >= 0.3 is 0 Å². The lowest BCUT2D eigenvalue weighted by Gasteiger charge is -2.19. The summed E-state index contributed by atoms with van der Waals surface area (Å²) in [6.45, 7) is 6.22. The molecule has 0 aliphatic heterocycles. The Hall–Kier alpha value is -1.66. The molecule has 1 heterocycles. The molecule has 6 nitrogen and oxygen atoms in total. The fourth-order valence-electron chi connectivity index (χ4n) is 1.75. The number of nitrogens with two attached hydrogens (primary N) is 1. The summed E-state index contributed by atoms with van der Waals surface area (Å²) in [5.41, 5.74) is 3.84. The van der Waals surface area contributed by atoms with Gasteiger partial charge in [-0.2, -0.15) is 0 Å². The van der Waals surface area contributed by atoms with Gasteiger partial charge in [-0.1, -0.05) is 13.8 Å². The molecule has 6 heteroatoms. The first-order chi connectivity index (χ1) is 9.35. The van der Waals surface area contributed by atoms with Gasteiger partial charge in [-0.15, -0.1) is 0 Å². The van der Waals surface area contributed by atoms with Gasteiger partial charge in [0.05, 0.1) is 6.10 Å². The third-order valence-electron chi connectivity index (χ3n) is 3.06. The molecule has 0 saturated heterocycles. The fraction of sp³-hybridized carbons (Fsp3) is 0.571. The van der Waals surface area contributed by atoms with E-state index in [1.807, 2.05) is 13.8 Å². The first kappa shape index (κ1) is 16.4. The number of anilines is 1. The lowest BCUT2D eigenvalue weighted by Crippen LogP contribution is -2.29. The Labute approximate surface area is 120 Å². The summed E-state index contributed by atoms with van der Waals surface area (Å²) in [5.74, 6) is 5.97. The van der Waals surface area contributed by atoms with Crippen molar-refractivity contribution in [3.8, 4) is 0 Å². The van der Waals surface area contributed by atoms with Crippen molar-refractivity contribution in [3.05, 3.63) is 23.4 Å². The second-order valence-electron chi connectivity index (χ2n) is 5.33. The number of aliphatic hydroxyl groups excluding tert-OH is 1. The Kier molecular flexibility index (Phi) is 5.91. The summed E-state index contributed by atoms with van der Waals surface area (Å²) in [7, 11) is 1.72. The van der Waals surface area contributed by atoms with E-state index in [4.69, 9.17) is 5.84 Å². The van der Waals surface area contributed by atoms with Gasteiger partial charge in [-0.25, -0.2) is 10.8 Å². The molecule has 0 spiro atoms. The molecule has 0 radical (unpaired) electrons. The Balaban J connectivity index is 2.93. The number of rotatable bonds is 6. The molecule has 1 aromatic heterocycles. The van der Waals surface area contributed by atoms with E-state index >= 15 is 0 Å². The topological polar surface area (TPSA) is 91.5 Å². The highest BCUT2D eigenvalue weighted by Crippen LogP contribution is 2.18. The highest BCUT2D eigenvalue weighted by atomic mass is 16.3. The monoisotopic (exact) mass is 280 g/mol. The van der Waals surface area contributed by atoms with Crippen LogP contribution in [0.5, 0.6) is 0 Å². The molecule has 0 aromatic carbocycles. The number of hydrogen-bond acceptors (Lipinski definition) is 5. The van der Waals surface area contributed by atoms with Crippen molar-refractivity contribution in [2.45, 2.75) is 39.2 Å². The number of amides is 1. The summed E-state index contributed by atoms with van der Waals surface area (Å²) < 4.78 is 0. The Morgan fingerprint density at radius 2 is 2.10 bits per heavy atom. The number of hydrogen-bond donors (Lipinski definition) is 3. The average Bonchev–Trinajstić information content (AvgIpc) is 2.43. The van der Waals surface area contributed by atoms with Crippen LogP contribution in [0.2, 0.25) is 0 Å². The molecule has 1 rings (SSSR count). The van der Waals surface area contributed by atoms with Crippen molar-refractivity contribution < 1.29 is 9.90 Å². The Morgan fingerprint density at radius 3 is 2.60 bits per heavy atom. The van der Waals surface area contributed by atoms with Gasteiger partial charge in [-0.05, 0) is 31.4 Å². The van der Waals surface area contributed by atoms with E-state index in [0.717, 1.165) is 5.69 Å². The summed E-state index contributed by atoms with van der Waals surface area (Å²) in [6, 6.07) is 3.42. The molecule has 1 aromatic rings. The number of pyridine rings is 1. The van der Waals surface area contributed by atoms with Crippen molar-refractivity contribution in [1.29, 1.82) is 0 Å². The summed E-state index contributed by atoms with van der Waals surface area (Å²) >= 11 is 0. The van der Waals surface area contributed by atoms with Crippen LogP contribution in [0, 0.1) is 0 Å². The number of hydrazine groups is 1. The third kappa shape index (κ3) is 4.47. The van der Waals surface area contributed by atoms with Crippen LogP contribution in [0.15, 0.2) is 12.1 Å². The number of carbonyl (C=O) groups is 1. The van der Waals surface area contributed by atoms with Crippen LogP contribution in [0.1, 0.15) is 49.2 Å². The highest BCUT2D eigenvalue weighted by Gasteiger charge is 2.15. The van der Waals surface area contributed by atoms with Crippen LogP contribution >= 0.6 is 0 Å². The van der Waals surface area contributed by atoms with Crippen LogP contribution in [0.4, 0.5) is 5.82 Å². The summed E-state index contributed by atoms with van der Waals surface area (Å²) in [4.78, 5) is 18.3. The Morgan fingerprint density at radius 1 is 1.45 bits per heavy atom. The van der Waals surface area contributed by atoms with Crippen LogP contribution in [-0.2, 0) is 0 Å². The minimum absolute atomic E-state index is 0.105. The van der Waals surface area contributed by atoms with Crippen molar-refractivity contribution in [2.24, 2.45) is 5.84 Å². The predicted octanol–water partition coefficient (Wildman–Crippen LogP) is 1.33. The van der Waals surface area contributed by atoms with E-state index < -0.39 is 6.10 Å². The minimum Gasteiger partial charge on any atom is -0.393 e. The number of carbonyl (C=O) groups excluding carboxylic acids is 1. The van der Waals surface area contributed by atoms with E-state index in [1.54, 1.807) is 31.0 Å². The quantitative estimate of drug-likeness (QED) is 0.540. The molecular weight excluding hydrogens is 256 g/mol. The molecule has 0 aliphatic carbocycles. The van der Waals surface area contributed by atoms with Crippen LogP contribution in [0.25, 0.3) is 0 Å². The molecule has 1 atom stereocenters. The fourth-order valence-corrected chi connectivity index (χ4v) is 1.75. The van der Waals surface area contributed by atoms with Gasteiger partial charge in [0.1, 0.15) is 5.82 Å². The molecule has 112 valence electrons. The minimum atomic E-state index is -0.421. The maximum absolute atomic E-state index is 12.3. The summed E-state index contributed by atoms with van der Waals surface area (Å²) in [5, 5.41) is 9.28. The van der Waals surface area contributed by atoms with Crippen LogP contribution in [-0.4, -0.2) is 40.6 Å². The maximum atomic E-state index is 12.3. The van der Waals surface area contributed by atoms with E-state index in [0.29, 0.717) is 24.3 Å². The zero-order valence-electron chi connectivity index (χ0n) is 12.6. The van der Waals surface area contributed by atoms with Gasteiger partial charge in [0, 0.05) is 24.8 Å². The zero-order chi connectivity index (χ0) is 15.3. The maximum Gasteiger partial charge on any atom is 0.253 e. The highest BCUT2D eigenvalue weighted by molar-refractivity contribution is 5.94. The number of aliphatic hydroxyl groups is 1. The Bertz CT molecular complexity index is 460. The number of aromatic nitrogens is 1. The van der Waals surface area contributed by atoms with E-state index in [1.165, 1.54) is 0 Å². The molecule has 1 unspecified atom stereocenters. The molecule has 0 saturated carbocycles. The van der Waals surface area contributed by atoms with Gasteiger partial charge in [-0.3, -0.25) is 4.79 Å². The summed E-state index contributed by atoms with van der Waals surface area (Å²) in [6.07, 6.45) is 0.127. The molecular formula is C14H24N4O2. The van der Waals surface area contributed by atoms with Crippen molar-refractivity contribution in [2.75, 3.05) is 19.0 Å². The first-order valence-electron chi connectivity index (χ1n) is 6.77. The van der Waals surface area contributed by atoms with Gasteiger partial charge < -0.3 is 15.4 Å². The van der Waals surface area contributed by atoms with Gasteiger partial charge in [0.15, 0.2) is 0 Å². The van der Waals surface area contributed by atoms with E-state index in [2.05, 4.69) is 10.4 Å². The normalized spacial score (nSPS) is 12.3. The lowest BCUT2D eigenvalue weighted by molar-refractivity contribution is 0.0768. The van der Waals surface area contributed by atoms with Gasteiger partial charge in [0.25, 0.3) is 5.91 Å². The number of nitrogens with one attached hydrogen (secondary N) is 1. The van der Waals surface area contributed by atoms with Crippen molar-refractivity contribution >= 4 is 11.7 Å². The van der Waals surface area contributed by atoms with Crippen molar-refractivity contribution in [1.82, 2.24) is 9.88 Å². The zero-order valence-corrected chi connectivity index (χ0v) is 12.6. The lowest BCUT2D eigenvalue weighted by atomic mass is 10.1. The molecule has 0 fully saturated rings. The molecule has 4 N–H and O–H groups in total. The smallest absolute Gasteiger partial charge is 0.253 e. The van der Waals surface area contributed by atoms with Crippen LogP contribution in [0.3, 0.4) is 0 Å². The van der Waals surface area contributed by atoms with E-state index in [-0.39, 0.29) is 11.8 Å². The molecule has 1 amide bonds. The van der Waals surface area contributed by atoms with Crippen LogP contribution < -0.4 is 11.3 Å². The number of nitrogens with zero attached hydrogens (tertiary/aromatic N) is 2. The number of nitrogen functional groups attached to an aromatic ring is 1. The second kappa shape index (κ2) is 7.21. The third-order valence-corrected chi connectivity index (χ3v) is 3.06. The molecule has 0 aliphatic rings.